The van der Waals surface area contributed by atoms with Gasteiger partial charge in [-0.1, -0.05) is 31.5 Å². The highest BCUT2D eigenvalue weighted by Crippen LogP contribution is 2.44. The van der Waals surface area contributed by atoms with E-state index in [1.54, 1.807) is 26.0 Å². The molecule has 0 radical (unpaired) electrons. The Morgan fingerprint density at radius 3 is 2.52 bits per heavy atom. The smallest absolute Gasteiger partial charge is 0.323 e. The Kier molecular flexibility index (Phi) is 7.48. The van der Waals surface area contributed by atoms with Crippen molar-refractivity contribution < 1.29 is 18.6 Å². The summed E-state index contributed by atoms with van der Waals surface area (Å²) in [4.78, 5) is 11.7. The highest BCUT2D eigenvalue weighted by atomic mass is 31.2. The summed E-state index contributed by atoms with van der Waals surface area (Å²) in [5.74, 6) is 0.103. The number of unbranched alkanes of at least 4 members (excludes halogenated alkanes) is 1. The Balaban J connectivity index is 2.78. The van der Waals surface area contributed by atoms with Crippen LogP contribution in [0.25, 0.3) is 0 Å². The van der Waals surface area contributed by atoms with Gasteiger partial charge in [0.15, 0.2) is 0 Å². The third-order valence-corrected chi connectivity index (χ3v) is 5.02. The third-order valence-electron chi connectivity index (χ3n) is 2.83. The van der Waals surface area contributed by atoms with Crippen LogP contribution < -0.4 is 9.61 Å². The summed E-state index contributed by atoms with van der Waals surface area (Å²) >= 11 is 0. The lowest BCUT2D eigenvalue weighted by atomic mass is 10.3. The summed E-state index contributed by atoms with van der Waals surface area (Å²) in [6, 6.07) is 8.31. The van der Waals surface area contributed by atoms with E-state index in [0.717, 1.165) is 12.8 Å². The predicted octanol–water partition coefficient (Wildman–Crippen LogP) is 3.60. The summed E-state index contributed by atoms with van der Waals surface area (Å²) in [7, 11) is -3.14. The normalized spacial score (nSPS) is 15.0. The van der Waals surface area contributed by atoms with Gasteiger partial charge in [-0.05, 0) is 32.4 Å². The molecule has 0 spiro atoms. The Morgan fingerprint density at radius 1 is 1.29 bits per heavy atom. The molecule has 2 atom stereocenters. The number of carbonyl (C=O) groups excluding carboxylic acids is 1. The molecule has 21 heavy (non-hydrogen) atoms. The lowest BCUT2D eigenvalue weighted by molar-refractivity contribution is -0.144. The molecule has 118 valence electrons. The zero-order valence-electron chi connectivity index (χ0n) is 12.9. The second-order valence-electron chi connectivity index (χ2n) is 4.76. The zero-order valence-corrected chi connectivity index (χ0v) is 13.8. The van der Waals surface area contributed by atoms with Crippen LogP contribution in [0.4, 0.5) is 0 Å². The Bertz CT molecular complexity index is 478. The highest BCUT2D eigenvalue weighted by Gasteiger charge is 2.29. The summed E-state index contributed by atoms with van der Waals surface area (Å²) in [5, 5.41) is 2.82. The fourth-order valence-corrected chi connectivity index (χ4v) is 3.93. The van der Waals surface area contributed by atoms with Crippen molar-refractivity contribution in [1.29, 1.82) is 0 Å². The van der Waals surface area contributed by atoms with E-state index in [9.17, 15) is 9.36 Å². The number of nitrogens with one attached hydrogen (secondary N) is 1. The molecule has 0 saturated carbocycles. The van der Waals surface area contributed by atoms with E-state index in [-0.39, 0.29) is 0 Å². The van der Waals surface area contributed by atoms with Crippen molar-refractivity contribution in [3.05, 3.63) is 30.3 Å². The summed E-state index contributed by atoms with van der Waals surface area (Å²) in [6.07, 6.45) is 2.03. The molecule has 0 aliphatic carbocycles. The van der Waals surface area contributed by atoms with Gasteiger partial charge < -0.3 is 9.26 Å². The van der Waals surface area contributed by atoms with Gasteiger partial charge in [0.2, 0.25) is 0 Å². The molecule has 1 unspecified atom stereocenters. The van der Waals surface area contributed by atoms with Crippen molar-refractivity contribution in [3.8, 4) is 5.75 Å². The minimum Gasteiger partial charge on any atom is -0.465 e. The van der Waals surface area contributed by atoms with Gasteiger partial charge in [0.05, 0.1) is 6.61 Å². The second-order valence-corrected chi connectivity index (χ2v) is 6.99. The zero-order chi connectivity index (χ0) is 15.7. The van der Waals surface area contributed by atoms with Crippen LogP contribution in [0.5, 0.6) is 5.75 Å². The van der Waals surface area contributed by atoms with E-state index in [4.69, 9.17) is 9.26 Å². The maximum absolute atomic E-state index is 12.9. The summed E-state index contributed by atoms with van der Waals surface area (Å²) < 4.78 is 23.5. The molecule has 0 aromatic heterocycles. The summed E-state index contributed by atoms with van der Waals surface area (Å²) in [5.41, 5.74) is 0. The van der Waals surface area contributed by atoms with Crippen LogP contribution in [0.1, 0.15) is 33.6 Å². The molecule has 1 N–H and O–H groups in total. The minimum absolute atomic E-state index is 0.295. The molecule has 0 bridgehead atoms. The van der Waals surface area contributed by atoms with E-state index in [0.29, 0.717) is 18.5 Å². The van der Waals surface area contributed by atoms with Crippen LogP contribution in [0, 0.1) is 0 Å². The fourth-order valence-electron chi connectivity index (χ4n) is 1.77. The van der Waals surface area contributed by atoms with E-state index >= 15 is 0 Å². The van der Waals surface area contributed by atoms with Crippen LogP contribution in [0.3, 0.4) is 0 Å². The monoisotopic (exact) mass is 313 g/mol. The van der Waals surface area contributed by atoms with Gasteiger partial charge in [0.1, 0.15) is 11.8 Å². The van der Waals surface area contributed by atoms with E-state index < -0.39 is 19.5 Å². The highest BCUT2D eigenvalue weighted by molar-refractivity contribution is 7.57. The van der Waals surface area contributed by atoms with E-state index in [2.05, 4.69) is 5.09 Å². The topological polar surface area (TPSA) is 64.6 Å². The average molecular weight is 313 g/mol. The van der Waals surface area contributed by atoms with Crippen molar-refractivity contribution in [1.82, 2.24) is 5.09 Å². The molecule has 1 rings (SSSR count). The minimum atomic E-state index is -3.14. The van der Waals surface area contributed by atoms with Gasteiger partial charge in [0, 0.05) is 6.16 Å². The maximum Gasteiger partial charge on any atom is 0.323 e. The van der Waals surface area contributed by atoms with Crippen LogP contribution in [-0.2, 0) is 14.1 Å². The SMILES string of the molecule is CCCCP(=O)(N[C@@H](C)C(=O)OCC)Oc1ccccc1. The van der Waals surface area contributed by atoms with Crippen molar-refractivity contribution in [2.24, 2.45) is 0 Å². The molecule has 0 aliphatic heterocycles. The molecule has 0 saturated heterocycles. The van der Waals surface area contributed by atoms with Crippen LogP contribution in [0.15, 0.2) is 30.3 Å². The quantitative estimate of drug-likeness (QED) is 0.557. The number of hydrogen-bond donors (Lipinski definition) is 1. The molecule has 0 heterocycles. The number of hydrogen-bond acceptors (Lipinski definition) is 4. The first kappa shape index (κ1) is 17.7. The maximum atomic E-state index is 12.9. The number of ether oxygens (including phenoxy) is 1. The number of benzene rings is 1. The first-order valence-corrected chi connectivity index (χ1v) is 9.10. The second kappa shape index (κ2) is 8.85. The Hall–Kier alpha value is -1.32. The van der Waals surface area contributed by atoms with Gasteiger partial charge >= 0.3 is 13.5 Å². The number of para-hydroxylation sites is 1. The average Bonchev–Trinajstić information content (AvgIpc) is 2.46. The van der Waals surface area contributed by atoms with Gasteiger partial charge in [-0.25, -0.2) is 5.09 Å². The number of rotatable bonds is 9. The largest absolute Gasteiger partial charge is 0.465 e. The van der Waals surface area contributed by atoms with E-state index in [1.807, 2.05) is 25.1 Å². The third kappa shape index (κ3) is 6.32. The molecule has 5 nitrogen and oxygen atoms in total. The van der Waals surface area contributed by atoms with Crippen LogP contribution in [0.2, 0.25) is 0 Å². The van der Waals surface area contributed by atoms with Gasteiger partial charge in [-0.2, -0.15) is 0 Å². The van der Waals surface area contributed by atoms with Crippen molar-refractivity contribution in [2.75, 3.05) is 12.8 Å². The van der Waals surface area contributed by atoms with E-state index in [1.165, 1.54) is 0 Å². The lowest BCUT2D eigenvalue weighted by Gasteiger charge is -2.23. The molecular weight excluding hydrogens is 289 g/mol. The lowest BCUT2D eigenvalue weighted by Crippen LogP contribution is -2.35. The Labute approximate surface area is 126 Å². The summed E-state index contributed by atoms with van der Waals surface area (Å²) in [6.45, 7) is 5.68. The fraction of sp³-hybridized carbons (Fsp3) is 0.533. The van der Waals surface area contributed by atoms with Gasteiger partial charge in [-0.15, -0.1) is 0 Å². The Morgan fingerprint density at radius 2 is 1.95 bits per heavy atom. The standard InChI is InChI=1S/C15H24NO4P/c1-4-6-12-21(18,16-13(3)15(17)19-5-2)20-14-10-8-7-9-11-14/h7-11,13H,4-6,12H2,1-3H3,(H,16,18)/t13-,21?/m0/s1. The number of carbonyl (C=O) groups is 1. The molecule has 0 aliphatic rings. The first-order valence-electron chi connectivity index (χ1n) is 7.29. The van der Waals surface area contributed by atoms with Crippen molar-refractivity contribution in [2.45, 2.75) is 39.7 Å². The molecule has 1 aromatic rings. The molecule has 0 amide bonds. The molecule has 6 heteroatoms. The molecular formula is C15H24NO4P. The molecule has 0 fully saturated rings. The van der Waals surface area contributed by atoms with Crippen LogP contribution >= 0.6 is 7.52 Å². The van der Waals surface area contributed by atoms with Crippen LogP contribution in [-0.4, -0.2) is 24.8 Å². The first-order chi connectivity index (χ1) is 10.0. The van der Waals surface area contributed by atoms with Crippen molar-refractivity contribution in [3.63, 3.8) is 0 Å². The van der Waals surface area contributed by atoms with Crippen molar-refractivity contribution >= 4 is 13.5 Å². The van der Waals surface area contributed by atoms with Gasteiger partial charge in [0.25, 0.3) is 0 Å². The molecule has 1 aromatic carbocycles. The predicted molar refractivity (Wildman–Crippen MR) is 83.7 cm³/mol. The number of esters is 1. The van der Waals surface area contributed by atoms with Gasteiger partial charge in [-0.3, -0.25) is 9.36 Å².